The Morgan fingerprint density at radius 3 is 2.60 bits per heavy atom. The molecule has 1 fully saturated rings. The van der Waals surface area contributed by atoms with Gasteiger partial charge in [0.25, 0.3) is 0 Å². The van der Waals surface area contributed by atoms with Gasteiger partial charge in [-0.2, -0.15) is 13.2 Å². The number of nitrogens with one attached hydrogen (secondary N) is 1. The zero-order chi connectivity index (χ0) is 17.6. The fourth-order valence-electron chi connectivity index (χ4n) is 2.57. The lowest BCUT2D eigenvalue weighted by atomic mass is 9.79. The molecule has 1 aliphatic heterocycles. The fraction of sp³-hybridized carbons (Fsp3) is 0.562. The summed E-state index contributed by atoms with van der Waals surface area (Å²) in [4.78, 5) is 12.4. The molecule has 0 spiro atoms. The summed E-state index contributed by atoms with van der Waals surface area (Å²) in [6.07, 6.45) is -3.27. The number of halogens is 4. The lowest BCUT2D eigenvalue weighted by Gasteiger charge is -2.34. The predicted molar refractivity (Wildman–Crippen MR) is 88.6 cm³/mol. The van der Waals surface area contributed by atoms with Crippen LogP contribution in [0.2, 0.25) is 0 Å². The number of hydrogen-bond acceptors (Lipinski definition) is 4. The van der Waals surface area contributed by atoms with Crippen LogP contribution in [0.4, 0.5) is 13.2 Å². The van der Waals surface area contributed by atoms with E-state index < -0.39 is 18.2 Å². The molecule has 0 radical (unpaired) electrons. The zero-order valence-electron chi connectivity index (χ0n) is 13.6. The van der Waals surface area contributed by atoms with Crippen LogP contribution in [0.15, 0.2) is 24.3 Å². The van der Waals surface area contributed by atoms with E-state index in [-0.39, 0.29) is 37.2 Å². The number of hydrogen-bond donors (Lipinski definition) is 2. The first kappa shape index (κ1) is 21.5. The molecule has 142 valence electrons. The van der Waals surface area contributed by atoms with E-state index in [4.69, 9.17) is 15.2 Å². The van der Waals surface area contributed by atoms with Gasteiger partial charge in [-0.05, 0) is 30.5 Å². The standard InChI is InChI=1S/C16H21F3N2O3.ClH/c17-16(18,19)11-24-13-3-1-2-12(8-13)9-21-14(22)15(10-20)4-6-23-7-5-15;/h1-3,8H,4-7,9-11,20H2,(H,21,22);1H. The summed E-state index contributed by atoms with van der Waals surface area (Å²) >= 11 is 0. The summed E-state index contributed by atoms with van der Waals surface area (Å²) in [7, 11) is 0. The molecule has 0 atom stereocenters. The molecule has 0 bridgehead atoms. The number of amides is 1. The van der Waals surface area contributed by atoms with E-state index in [0.717, 1.165) is 0 Å². The van der Waals surface area contributed by atoms with Gasteiger partial charge < -0.3 is 20.5 Å². The minimum atomic E-state index is -4.39. The second kappa shape index (κ2) is 9.26. The first-order valence-corrected chi connectivity index (χ1v) is 7.69. The van der Waals surface area contributed by atoms with Crippen molar-refractivity contribution in [1.29, 1.82) is 0 Å². The Morgan fingerprint density at radius 1 is 1.32 bits per heavy atom. The molecule has 9 heteroatoms. The van der Waals surface area contributed by atoms with Crippen molar-refractivity contribution in [2.24, 2.45) is 11.1 Å². The average Bonchev–Trinajstić information content (AvgIpc) is 2.58. The zero-order valence-corrected chi connectivity index (χ0v) is 14.4. The summed E-state index contributed by atoms with van der Waals surface area (Å²) in [6, 6.07) is 6.21. The van der Waals surface area contributed by atoms with Gasteiger partial charge in [0.2, 0.25) is 5.91 Å². The van der Waals surface area contributed by atoms with Crippen LogP contribution in [0.5, 0.6) is 5.75 Å². The SMILES string of the molecule is Cl.NCC1(C(=O)NCc2cccc(OCC(F)(F)F)c2)CCOCC1. The summed E-state index contributed by atoms with van der Waals surface area (Å²) in [5, 5.41) is 2.81. The van der Waals surface area contributed by atoms with Crippen molar-refractivity contribution in [1.82, 2.24) is 5.32 Å². The first-order valence-electron chi connectivity index (χ1n) is 7.69. The number of ether oxygens (including phenoxy) is 2. The molecule has 1 aromatic carbocycles. The molecule has 0 unspecified atom stereocenters. The van der Waals surface area contributed by atoms with Crippen LogP contribution in [0.25, 0.3) is 0 Å². The molecule has 25 heavy (non-hydrogen) atoms. The van der Waals surface area contributed by atoms with Crippen molar-refractivity contribution in [3.8, 4) is 5.75 Å². The quantitative estimate of drug-likeness (QED) is 0.792. The molecule has 0 saturated carbocycles. The van der Waals surface area contributed by atoms with Crippen molar-refractivity contribution in [2.75, 3.05) is 26.4 Å². The topological polar surface area (TPSA) is 73.6 Å². The summed E-state index contributed by atoms with van der Waals surface area (Å²) in [5.74, 6) is -0.0476. The van der Waals surface area contributed by atoms with Crippen LogP contribution in [-0.4, -0.2) is 38.4 Å². The highest BCUT2D eigenvalue weighted by atomic mass is 35.5. The molecule has 5 nitrogen and oxygen atoms in total. The molecule has 2 rings (SSSR count). The number of carbonyl (C=O) groups is 1. The summed E-state index contributed by atoms with van der Waals surface area (Å²) in [6.45, 7) is 0.0669. The minimum Gasteiger partial charge on any atom is -0.484 e. The number of benzene rings is 1. The van der Waals surface area contributed by atoms with Gasteiger partial charge in [-0.25, -0.2) is 0 Å². The lowest BCUT2D eigenvalue weighted by molar-refractivity contribution is -0.153. The second-order valence-corrected chi connectivity index (χ2v) is 5.83. The van der Waals surface area contributed by atoms with Crippen molar-refractivity contribution in [3.63, 3.8) is 0 Å². The molecule has 0 aliphatic carbocycles. The van der Waals surface area contributed by atoms with Crippen LogP contribution in [0.1, 0.15) is 18.4 Å². The molecule has 1 heterocycles. The van der Waals surface area contributed by atoms with Crippen molar-refractivity contribution in [2.45, 2.75) is 25.6 Å². The maximum Gasteiger partial charge on any atom is 0.422 e. The van der Waals surface area contributed by atoms with Gasteiger partial charge >= 0.3 is 6.18 Å². The molecule has 1 aromatic rings. The van der Waals surface area contributed by atoms with Crippen molar-refractivity contribution < 1.29 is 27.4 Å². The average molecular weight is 383 g/mol. The van der Waals surface area contributed by atoms with Gasteiger partial charge in [0.1, 0.15) is 5.75 Å². The second-order valence-electron chi connectivity index (χ2n) is 5.83. The van der Waals surface area contributed by atoms with Gasteiger partial charge in [0.05, 0.1) is 5.41 Å². The van der Waals surface area contributed by atoms with Gasteiger partial charge in [-0.1, -0.05) is 12.1 Å². The number of carbonyl (C=O) groups excluding carboxylic acids is 1. The first-order chi connectivity index (χ1) is 11.3. The van der Waals surface area contributed by atoms with E-state index in [1.165, 1.54) is 12.1 Å². The smallest absolute Gasteiger partial charge is 0.422 e. The molecule has 0 aromatic heterocycles. The Balaban J connectivity index is 0.00000312. The van der Waals surface area contributed by atoms with Gasteiger partial charge in [-0.3, -0.25) is 4.79 Å². The third-order valence-electron chi connectivity index (χ3n) is 4.08. The highest BCUT2D eigenvalue weighted by molar-refractivity contribution is 5.85. The lowest BCUT2D eigenvalue weighted by Crippen LogP contribution is -2.48. The van der Waals surface area contributed by atoms with Crippen LogP contribution >= 0.6 is 12.4 Å². The molecule has 3 N–H and O–H groups in total. The normalized spacial score (nSPS) is 16.6. The van der Waals surface area contributed by atoms with Crippen LogP contribution in [0, 0.1) is 5.41 Å². The Kier molecular flexibility index (Phi) is 7.98. The Morgan fingerprint density at radius 2 is 2.00 bits per heavy atom. The van der Waals surface area contributed by atoms with E-state index in [1.54, 1.807) is 12.1 Å². The van der Waals surface area contributed by atoms with Crippen molar-refractivity contribution in [3.05, 3.63) is 29.8 Å². The maximum absolute atomic E-state index is 12.4. The Hall–Kier alpha value is -1.51. The Bertz CT molecular complexity index is 564. The molecule has 1 saturated heterocycles. The van der Waals surface area contributed by atoms with E-state index >= 15 is 0 Å². The van der Waals surface area contributed by atoms with E-state index in [2.05, 4.69) is 5.32 Å². The molecular weight excluding hydrogens is 361 g/mol. The highest BCUT2D eigenvalue weighted by Crippen LogP contribution is 2.29. The molecular formula is C16H22ClF3N2O3. The molecule has 1 amide bonds. The predicted octanol–water partition coefficient (Wildman–Crippen LogP) is 2.42. The van der Waals surface area contributed by atoms with Crippen molar-refractivity contribution >= 4 is 18.3 Å². The Labute approximate surface area is 150 Å². The van der Waals surface area contributed by atoms with E-state index in [9.17, 15) is 18.0 Å². The minimum absolute atomic E-state index is 0. The summed E-state index contributed by atoms with van der Waals surface area (Å²) in [5.41, 5.74) is 5.79. The van der Waals surface area contributed by atoms with E-state index in [1.807, 2.05) is 0 Å². The number of rotatable bonds is 6. The van der Waals surface area contributed by atoms with E-state index in [0.29, 0.717) is 31.6 Å². The number of nitrogens with two attached hydrogens (primary N) is 1. The third-order valence-corrected chi connectivity index (χ3v) is 4.08. The third kappa shape index (κ3) is 6.37. The maximum atomic E-state index is 12.4. The number of alkyl halides is 3. The largest absolute Gasteiger partial charge is 0.484 e. The van der Waals surface area contributed by atoms with Crippen LogP contribution in [-0.2, 0) is 16.1 Å². The van der Waals surface area contributed by atoms with Crippen LogP contribution in [0.3, 0.4) is 0 Å². The fourth-order valence-corrected chi connectivity index (χ4v) is 2.57. The summed E-state index contributed by atoms with van der Waals surface area (Å²) < 4.78 is 46.5. The highest BCUT2D eigenvalue weighted by Gasteiger charge is 2.38. The van der Waals surface area contributed by atoms with Gasteiger partial charge in [0.15, 0.2) is 6.61 Å². The van der Waals surface area contributed by atoms with Crippen LogP contribution < -0.4 is 15.8 Å². The van der Waals surface area contributed by atoms with Gasteiger partial charge in [-0.15, -0.1) is 12.4 Å². The van der Waals surface area contributed by atoms with Gasteiger partial charge in [0, 0.05) is 26.3 Å². The molecule has 1 aliphatic rings. The monoisotopic (exact) mass is 382 g/mol.